The first-order valence-electron chi connectivity index (χ1n) is 9.49. The smallest absolute Gasteiger partial charge is 0.298 e. The number of likely N-dealkylation sites (tertiary alicyclic amines) is 1. The lowest BCUT2D eigenvalue weighted by molar-refractivity contribution is -0.138. The normalized spacial score (nSPS) is 25.5. The van der Waals surface area contributed by atoms with Crippen LogP contribution in [0.1, 0.15) is 33.1 Å². The highest BCUT2D eigenvalue weighted by molar-refractivity contribution is 5.79. The monoisotopic (exact) mass is 341 g/mol. The molecule has 4 rings (SSSR count). The first-order chi connectivity index (χ1) is 12.1. The van der Waals surface area contributed by atoms with Crippen molar-refractivity contribution in [2.24, 2.45) is 17.8 Å². The summed E-state index contributed by atoms with van der Waals surface area (Å²) in [5, 5.41) is 0. The van der Waals surface area contributed by atoms with Crippen LogP contribution in [0.15, 0.2) is 28.7 Å². The number of oxazole rings is 1. The topological polar surface area (TPSA) is 49.6 Å². The minimum atomic E-state index is 0.151. The van der Waals surface area contributed by atoms with Crippen molar-refractivity contribution in [3.05, 3.63) is 24.3 Å². The Morgan fingerprint density at radius 3 is 2.48 bits per heavy atom. The van der Waals surface area contributed by atoms with Gasteiger partial charge < -0.3 is 14.2 Å². The number of para-hydroxylation sites is 2. The van der Waals surface area contributed by atoms with Crippen LogP contribution < -0.4 is 4.90 Å². The highest BCUT2D eigenvalue weighted by Gasteiger charge is 2.33. The van der Waals surface area contributed by atoms with Gasteiger partial charge in [0.05, 0.1) is 0 Å². The van der Waals surface area contributed by atoms with Crippen molar-refractivity contribution in [1.82, 2.24) is 9.88 Å². The van der Waals surface area contributed by atoms with Gasteiger partial charge in [-0.2, -0.15) is 4.98 Å². The number of hydrogen-bond donors (Lipinski definition) is 0. The number of rotatable bonds is 2. The van der Waals surface area contributed by atoms with Gasteiger partial charge >= 0.3 is 0 Å². The third-order valence-electron chi connectivity index (χ3n) is 5.58. The van der Waals surface area contributed by atoms with E-state index in [1.165, 1.54) is 6.42 Å². The molecule has 2 atom stereocenters. The molecular formula is C20H27N3O2. The lowest BCUT2D eigenvalue weighted by Gasteiger charge is -2.39. The molecule has 2 saturated heterocycles. The van der Waals surface area contributed by atoms with Crippen molar-refractivity contribution in [3.63, 3.8) is 0 Å². The zero-order valence-electron chi connectivity index (χ0n) is 15.1. The number of anilines is 1. The third-order valence-corrected chi connectivity index (χ3v) is 5.58. The molecule has 0 N–H and O–H groups in total. The largest absolute Gasteiger partial charge is 0.423 e. The summed E-state index contributed by atoms with van der Waals surface area (Å²) in [6.45, 7) is 8.03. The van der Waals surface area contributed by atoms with Crippen LogP contribution in [0.5, 0.6) is 0 Å². The van der Waals surface area contributed by atoms with Crippen LogP contribution in [0.2, 0.25) is 0 Å². The number of benzene rings is 1. The minimum Gasteiger partial charge on any atom is -0.423 e. The Bertz CT molecular complexity index is 705. The summed E-state index contributed by atoms with van der Waals surface area (Å²) < 4.78 is 5.87. The second-order valence-corrected chi connectivity index (χ2v) is 7.91. The van der Waals surface area contributed by atoms with Gasteiger partial charge in [-0.05, 0) is 43.2 Å². The van der Waals surface area contributed by atoms with E-state index in [1.54, 1.807) is 0 Å². The van der Waals surface area contributed by atoms with E-state index in [4.69, 9.17) is 4.42 Å². The molecule has 2 aliphatic heterocycles. The molecule has 0 bridgehead atoms. The lowest BCUT2D eigenvalue weighted by atomic mass is 9.89. The molecule has 0 spiro atoms. The molecule has 1 amide bonds. The molecule has 5 heteroatoms. The van der Waals surface area contributed by atoms with Gasteiger partial charge in [0.15, 0.2) is 5.58 Å². The zero-order valence-corrected chi connectivity index (χ0v) is 15.1. The summed E-state index contributed by atoms with van der Waals surface area (Å²) in [4.78, 5) is 21.8. The Morgan fingerprint density at radius 1 is 1.12 bits per heavy atom. The van der Waals surface area contributed by atoms with Crippen LogP contribution in [-0.4, -0.2) is 42.0 Å². The number of hydrogen-bond acceptors (Lipinski definition) is 4. The molecule has 5 nitrogen and oxygen atoms in total. The van der Waals surface area contributed by atoms with Gasteiger partial charge in [-0.15, -0.1) is 0 Å². The molecule has 2 fully saturated rings. The fourth-order valence-electron chi connectivity index (χ4n) is 4.41. The molecule has 0 radical (unpaired) electrons. The molecule has 1 aromatic carbocycles. The van der Waals surface area contributed by atoms with Crippen molar-refractivity contribution in [1.29, 1.82) is 0 Å². The van der Waals surface area contributed by atoms with Crippen molar-refractivity contribution in [2.45, 2.75) is 33.1 Å². The number of amides is 1. The van der Waals surface area contributed by atoms with Crippen LogP contribution in [0.3, 0.4) is 0 Å². The predicted octanol–water partition coefficient (Wildman–Crippen LogP) is 3.55. The summed E-state index contributed by atoms with van der Waals surface area (Å²) in [6.07, 6.45) is 3.01. The molecule has 134 valence electrons. The Hall–Kier alpha value is -2.04. The standard InChI is InChI=1S/C20H27N3O2/c1-14-11-15(2)13-23(12-14)19(24)16-7-9-22(10-8-16)20-21-17-5-3-4-6-18(17)25-20/h3-6,14-16H,7-13H2,1-2H3. The predicted molar refractivity (Wildman–Crippen MR) is 98.5 cm³/mol. The average Bonchev–Trinajstić information content (AvgIpc) is 3.04. The van der Waals surface area contributed by atoms with Crippen molar-refractivity contribution >= 4 is 23.0 Å². The second kappa shape index (κ2) is 6.70. The van der Waals surface area contributed by atoms with Crippen molar-refractivity contribution < 1.29 is 9.21 Å². The number of aromatic nitrogens is 1. The highest BCUT2D eigenvalue weighted by Crippen LogP contribution is 2.29. The van der Waals surface area contributed by atoms with E-state index in [0.717, 1.165) is 50.1 Å². The minimum absolute atomic E-state index is 0.151. The molecule has 1 aromatic heterocycles. The Kier molecular flexibility index (Phi) is 4.40. The third kappa shape index (κ3) is 3.37. The summed E-state index contributed by atoms with van der Waals surface area (Å²) in [5.74, 6) is 1.74. The van der Waals surface area contributed by atoms with Gasteiger partial charge in [0, 0.05) is 32.1 Å². The Balaban J connectivity index is 1.38. The average molecular weight is 341 g/mol. The second-order valence-electron chi connectivity index (χ2n) is 7.91. The van der Waals surface area contributed by atoms with E-state index >= 15 is 0 Å². The molecule has 0 aliphatic carbocycles. The van der Waals surface area contributed by atoms with E-state index in [2.05, 4.69) is 28.6 Å². The maximum Gasteiger partial charge on any atom is 0.298 e. The molecule has 2 aromatic rings. The summed E-state index contributed by atoms with van der Waals surface area (Å²) >= 11 is 0. The SMILES string of the molecule is CC1CC(C)CN(C(=O)C2CCN(c3nc4ccccc4o3)CC2)C1. The highest BCUT2D eigenvalue weighted by atomic mass is 16.4. The summed E-state index contributed by atoms with van der Waals surface area (Å²) in [6, 6.07) is 8.54. The first-order valence-corrected chi connectivity index (χ1v) is 9.49. The van der Waals surface area contributed by atoms with Gasteiger partial charge in [-0.3, -0.25) is 4.79 Å². The molecule has 2 aliphatic rings. The molecular weight excluding hydrogens is 314 g/mol. The summed E-state index contributed by atoms with van der Waals surface area (Å²) in [5.41, 5.74) is 1.72. The van der Waals surface area contributed by atoms with E-state index < -0.39 is 0 Å². The molecule has 0 saturated carbocycles. The number of carbonyl (C=O) groups is 1. The quantitative estimate of drug-likeness (QED) is 0.838. The zero-order chi connectivity index (χ0) is 17.4. The van der Waals surface area contributed by atoms with Crippen LogP contribution >= 0.6 is 0 Å². The number of nitrogens with zero attached hydrogens (tertiary/aromatic N) is 3. The summed E-state index contributed by atoms with van der Waals surface area (Å²) in [7, 11) is 0. The van der Waals surface area contributed by atoms with Gasteiger partial charge in [0.25, 0.3) is 6.01 Å². The van der Waals surface area contributed by atoms with Crippen molar-refractivity contribution in [2.75, 3.05) is 31.1 Å². The van der Waals surface area contributed by atoms with Gasteiger partial charge in [-0.25, -0.2) is 0 Å². The Morgan fingerprint density at radius 2 is 1.80 bits per heavy atom. The van der Waals surface area contributed by atoms with E-state index in [1.807, 2.05) is 24.3 Å². The Labute approximate surface area is 149 Å². The van der Waals surface area contributed by atoms with Gasteiger partial charge in [-0.1, -0.05) is 26.0 Å². The molecule has 2 unspecified atom stereocenters. The molecule has 3 heterocycles. The maximum atomic E-state index is 12.9. The number of fused-ring (bicyclic) bond motifs is 1. The van der Waals surface area contributed by atoms with E-state index in [-0.39, 0.29) is 5.92 Å². The fraction of sp³-hybridized carbons (Fsp3) is 0.600. The van der Waals surface area contributed by atoms with Crippen LogP contribution in [0.25, 0.3) is 11.1 Å². The number of piperidine rings is 2. The first kappa shape index (κ1) is 16.4. The van der Waals surface area contributed by atoms with Crippen LogP contribution in [-0.2, 0) is 4.79 Å². The number of carbonyl (C=O) groups excluding carboxylic acids is 1. The van der Waals surface area contributed by atoms with E-state index in [0.29, 0.717) is 23.8 Å². The fourth-order valence-corrected chi connectivity index (χ4v) is 4.41. The van der Waals surface area contributed by atoms with Crippen LogP contribution in [0.4, 0.5) is 6.01 Å². The maximum absolute atomic E-state index is 12.9. The van der Waals surface area contributed by atoms with Gasteiger partial charge in [0.2, 0.25) is 5.91 Å². The molecule has 25 heavy (non-hydrogen) atoms. The van der Waals surface area contributed by atoms with Crippen LogP contribution in [0, 0.1) is 17.8 Å². The van der Waals surface area contributed by atoms with Gasteiger partial charge in [0.1, 0.15) is 5.52 Å². The lowest BCUT2D eigenvalue weighted by Crippen LogP contribution is -2.47. The van der Waals surface area contributed by atoms with E-state index in [9.17, 15) is 4.79 Å². The van der Waals surface area contributed by atoms with Crippen molar-refractivity contribution in [3.8, 4) is 0 Å².